The van der Waals surface area contributed by atoms with E-state index in [9.17, 15) is 9.59 Å². The Bertz CT molecular complexity index is 820. The molecule has 2 saturated carbocycles. The fourth-order valence-corrected chi connectivity index (χ4v) is 4.62. The second-order valence-electron chi connectivity index (χ2n) is 7.57. The van der Waals surface area contributed by atoms with Crippen molar-refractivity contribution in [1.82, 2.24) is 5.32 Å². The van der Waals surface area contributed by atoms with E-state index in [2.05, 4.69) is 34.9 Å². The van der Waals surface area contributed by atoms with Gasteiger partial charge in [-0.2, -0.15) is 0 Å². The normalized spacial score (nSPS) is 18.0. The Hall–Kier alpha value is -2.14. The van der Waals surface area contributed by atoms with Gasteiger partial charge in [0.25, 0.3) is 5.91 Å². The van der Waals surface area contributed by atoms with Crippen LogP contribution in [0, 0.1) is 12.8 Å². The van der Waals surface area contributed by atoms with Gasteiger partial charge in [0.1, 0.15) is 0 Å². The minimum atomic E-state index is -0.0402. The maximum Gasteiger partial charge on any atom is 0.261 e. The van der Waals surface area contributed by atoms with E-state index in [-0.39, 0.29) is 23.1 Å². The van der Waals surface area contributed by atoms with Crippen LogP contribution in [-0.4, -0.2) is 18.4 Å². The van der Waals surface area contributed by atoms with Crippen molar-refractivity contribution in [2.75, 3.05) is 11.9 Å². The van der Waals surface area contributed by atoms with E-state index in [1.54, 1.807) is 0 Å². The van der Waals surface area contributed by atoms with Crippen LogP contribution in [-0.2, 0) is 10.2 Å². The Morgan fingerprint density at radius 3 is 2.54 bits per heavy atom. The third-order valence-corrected chi connectivity index (χ3v) is 6.75. The van der Waals surface area contributed by atoms with Crippen molar-refractivity contribution >= 4 is 28.2 Å². The van der Waals surface area contributed by atoms with Crippen LogP contribution in [0.4, 0.5) is 5.00 Å². The van der Waals surface area contributed by atoms with Crippen LogP contribution in [0.15, 0.2) is 36.4 Å². The van der Waals surface area contributed by atoms with E-state index in [0.29, 0.717) is 11.4 Å². The fourth-order valence-electron chi connectivity index (χ4n) is 3.63. The molecular weight excluding hydrogens is 344 g/mol. The smallest absolute Gasteiger partial charge is 0.261 e. The molecule has 136 valence electrons. The minimum Gasteiger partial charge on any atom is -0.350 e. The Morgan fingerprint density at radius 2 is 1.92 bits per heavy atom. The van der Waals surface area contributed by atoms with Gasteiger partial charge < -0.3 is 10.6 Å². The second-order valence-corrected chi connectivity index (χ2v) is 8.62. The summed E-state index contributed by atoms with van der Waals surface area (Å²) in [5.74, 6) is 0.205. The standard InChI is InChI=1S/C21H24N2O2S/c1-14-12-17(23-19(24)15-8-9-15)26-18(14)20(25)22-13-21(10-5-11-21)16-6-3-2-4-7-16/h2-4,6-7,12,15H,5,8-11,13H2,1H3,(H,22,25)(H,23,24). The maximum absolute atomic E-state index is 12.7. The molecule has 2 aliphatic carbocycles. The molecular formula is C21H24N2O2S. The summed E-state index contributed by atoms with van der Waals surface area (Å²) < 4.78 is 0. The number of anilines is 1. The molecule has 1 aromatic heterocycles. The van der Waals surface area contributed by atoms with Crippen molar-refractivity contribution in [2.24, 2.45) is 5.92 Å². The summed E-state index contributed by atoms with van der Waals surface area (Å²) in [5, 5.41) is 6.85. The van der Waals surface area contributed by atoms with Crippen molar-refractivity contribution < 1.29 is 9.59 Å². The first kappa shape index (κ1) is 17.3. The lowest BCUT2D eigenvalue weighted by atomic mass is 9.64. The largest absolute Gasteiger partial charge is 0.350 e. The molecule has 2 aromatic rings. The van der Waals surface area contributed by atoms with Crippen molar-refractivity contribution in [3.8, 4) is 0 Å². The number of aryl methyl sites for hydroxylation is 1. The van der Waals surface area contributed by atoms with Gasteiger partial charge in [-0.25, -0.2) is 0 Å². The van der Waals surface area contributed by atoms with Crippen molar-refractivity contribution in [1.29, 1.82) is 0 Å². The number of rotatable bonds is 6. The zero-order chi connectivity index (χ0) is 18.1. The van der Waals surface area contributed by atoms with E-state index in [0.717, 1.165) is 36.2 Å². The van der Waals surface area contributed by atoms with E-state index < -0.39 is 0 Å². The quantitative estimate of drug-likeness (QED) is 0.800. The summed E-state index contributed by atoms with van der Waals surface area (Å²) >= 11 is 1.37. The van der Waals surface area contributed by atoms with Crippen molar-refractivity contribution in [3.05, 3.63) is 52.4 Å². The summed E-state index contributed by atoms with van der Waals surface area (Å²) in [7, 11) is 0. The molecule has 2 fully saturated rings. The van der Waals surface area contributed by atoms with Crippen LogP contribution in [0.5, 0.6) is 0 Å². The van der Waals surface area contributed by atoms with Crippen LogP contribution in [0.3, 0.4) is 0 Å². The minimum absolute atomic E-state index is 0.0402. The first-order chi connectivity index (χ1) is 12.6. The molecule has 4 rings (SSSR count). The monoisotopic (exact) mass is 368 g/mol. The van der Waals surface area contributed by atoms with Crippen LogP contribution < -0.4 is 10.6 Å². The molecule has 0 radical (unpaired) electrons. The molecule has 0 bridgehead atoms. The highest BCUT2D eigenvalue weighted by Gasteiger charge is 2.39. The Balaban J connectivity index is 1.41. The molecule has 1 heterocycles. The predicted molar refractivity (Wildman–Crippen MR) is 105 cm³/mol. The van der Waals surface area contributed by atoms with Crippen LogP contribution in [0.2, 0.25) is 0 Å². The number of thiophene rings is 1. The summed E-state index contributed by atoms with van der Waals surface area (Å²) in [6, 6.07) is 12.4. The third-order valence-electron chi connectivity index (χ3n) is 5.60. The average Bonchev–Trinajstić information content (AvgIpc) is 3.39. The zero-order valence-electron chi connectivity index (χ0n) is 15.0. The molecule has 0 atom stereocenters. The Kier molecular flexibility index (Phi) is 4.57. The van der Waals surface area contributed by atoms with Gasteiger partial charge in [0, 0.05) is 17.9 Å². The molecule has 0 spiro atoms. The first-order valence-corrected chi connectivity index (χ1v) is 10.1. The maximum atomic E-state index is 12.7. The average molecular weight is 369 g/mol. The van der Waals surface area contributed by atoms with Crippen molar-refractivity contribution in [2.45, 2.75) is 44.4 Å². The number of benzene rings is 1. The molecule has 0 aliphatic heterocycles. The summed E-state index contributed by atoms with van der Waals surface area (Å²) in [6.45, 7) is 2.59. The number of carbonyl (C=O) groups is 2. The van der Waals surface area contributed by atoms with Gasteiger partial charge >= 0.3 is 0 Å². The molecule has 5 heteroatoms. The lowest BCUT2D eigenvalue weighted by molar-refractivity contribution is -0.117. The lowest BCUT2D eigenvalue weighted by Crippen LogP contribution is -2.45. The van der Waals surface area contributed by atoms with Gasteiger partial charge in [-0.3, -0.25) is 9.59 Å². The Labute approximate surface area is 158 Å². The summed E-state index contributed by atoms with van der Waals surface area (Å²) in [5.41, 5.74) is 2.30. The highest BCUT2D eigenvalue weighted by molar-refractivity contribution is 7.18. The van der Waals surface area contributed by atoms with E-state index >= 15 is 0 Å². The second kappa shape index (κ2) is 6.88. The van der Waals surface area contributed by atoms with E-state index in [1.165, 1.54) is 23.3 Å². The molecule has 26 heavy (non-hydrogen) atoms. The van der Waals surface area contributed by atoms with Crippen LogP contribution in [0.25, 0.3) is 0 Å². The first-order valence-electron chi connectivity index (χ1n) is 9.32. The fraction of sp³-hybridized carbons (Fsp3) is 0.429. The van der Waals surface area contributed by atoms with E-state index in [1.807, 2.05) is 19.1 Å². The van der Waals surface area contributed by atoms with Gasteiger partial charge in [0.05, 0.1) is 9.88 Å². The number of hydrogen-bond donors (Lipinski definition) is 2. The molecule has 1 aromatic carbocycles. The molecule has 0 saturated heterocycles. The number of carbonyl (C=O) groups excluding carboxylic acids is 2. The number of nitrogens with one attached hydrogen (secondary N) is 2. The van der Waals surface area contributed by atoms with Gasteiger partial charge in [-0.15, -0.1) is 11.3 Å². The molecule has 4 nitrogen and oxygen atoms in total. The summed E-state index contributed by atoms with van der Waals surface area (Å²) in [4.78, 5) is 25.3. The topological polar surface area (TPSA) is 58.2 Å². The SMILES string of the molecule is Cc1cc(NC(=O)C2CC2)sc1C(=O)NCC1(c2ccccc2)CCC1. The van der Waals surface area contributed by atoms with Gasteiger partial charge in [-0.05, 0) is 49.8 Å². The third kappa shape index (κ3) is 3.40. The van der Waals surface area contributed by atoms with Gasteiger partial charge in [-0.1, -0.05) is 36.8 Å². The van der Waals surface area contributed by atoms with E-state index in [4.69, 9.17) is 0 Å². The highest BCUT2D eigenvalue weighted by atomic mass is 32.1. The van der Waals surface area contributed by atoms with Gasteiger partial charge in [0.15, 0.2) is 0 Å². The Morgan fingerprint density at radius 1 is 1.19 bits per heavy atom. The predicted octanol–water partition coefficient (Wildman–Crippen LogP) is 4.26. The van der Waals surface area contributed by atoms with Crippen molar-refractivity contribution in [3.63, 3.8) is 0 Å². The van der Waals surface area contributed by atoms with Crippen LogP contribution >= 0.6 is 11.3 Å². The van der Waals surface area contributed by atoms with Crippen LogP contribution in [0.1, 0.15) is 52.9 Å². The molecule has 2 N–H and O–H groups in total. The molecule has 2 aliphatic rings. The zero-order valence-corrected chi connectivity index (χ0v) is 15.8. The lowest BCUT2D eigenvalue weighted by Gasteiger charge is -2.42. The summed E-state index contributed by atoms with van der Waals surface area (Å²) in [6.07, 6.45) is 5.39. The number of amides is 2. The molecule has 2 amide bonds. The van der Waals surface area contributed by atoms with Gasteiger partial charge in [0.2, 0.25) is 5.91 Å². The molecule has 0 unspecified atom stereocenters. The number of hydrogen-bond acceptors (Lipinski definition) is 3. The highest BCUT2D eigenvalue weighted by Crippen LogP contribution is 2.43.